The van der Waals surface area contributed by atoms with Crippen LogP contribution in [-0.4, -0.2) is 24.2 Å². The van der Waals surface area contributed by atoms with Gasteiger partial charge in [0.25, 0.3) is 0 Å². The van der Waals surface area contributed by atoms with Gasteiger partial charge in [0.15, 0.2) is 11.2 Å². The van der Waals surface area contributed by atoms with Crippen LogP contribution in [0, 0.1) is 5.92 Å². The van der Waals surface area contributed by atoms with Gasteiger partial charge >= 0.3 is 5.97 Å². The number of benzene rings is 2. The van der Waals surface area contributed by atoms with Crippen LogP contribution in [0.3, 0.4) is 0 Å². The lowest BCUT2D eigenvalue weighted by Gasteiger charge is -2.39. The molecule has 2 aliphatic heterocycles. The van der Waals surface area contributed by atoms with Crippen molar-refractivity contribution >= 4 is 33.5 Å². The number of methoxy groups -OCH3 is 1. The first-order chi connectivity index (χ1) is 15.0. The molecule has 1 spiro atoms. The number of carbonyl (C=O) groups excluding carboxylic acids is 1. The number of epoxide rings is 1. The van der Waals surface area contributed by atoms with Crippen molar-refractivity contribution in [3.8, 4) is 5.75 Å². The Kier molecular flexibility index (Phi) is 4.07. The van der Waals surface area contributed by atoms with Gasteiger partial charge in [-0.15, -0.1) is 0 Å². The molecule has 1 saturated carbocycles. The molecule has 6 rings (SSSR count). The average molecular weight is 499 g/mol. The molecular weight excluding hydrogens is 482 g/mol. The Bertz CT molecular complexity index is 1200. The lowest BCUT2D eigenvalue weighted by Crippen LogP contribution is -2.45. The van der Waals surface area contributed by atoms with E-state index in [9.17, 15) is 4.79 Å². The third kappa shape index (κ3) is 2.35. The first kappa shape index (κ1) is 19.3. The lowest BCUT2D eigenvalue weighted by atomic mass is 9.72. The molecule has 2 aromatic carbocycles. The van der Waals surface area contributed by atoms with Crippen molar-refractivity contribution < 1.29 is 19.0 Å². The summed E-state index contributed by atoms with van der Waals surface area (Å²) in [7, 11) is 1.41. The number of aromatic nitrogens is 1. The predicted octanol–water partition coefficient (Wildman–Crippen LogP) is 4.97. The maximum atomic E-state index is 13.0. The Hall–Kier alpha value is -2.41. The standard InChI is InChI=1S/C24H17BrClNO4/c1-29-22(28)18-19(13-5-3-2-4-6-13)23(14-7-9-15(25)10-8-14)24(21(18)31-24)20-17(30-23)11-16(26)12-27-20/h2-12,18-19,21H,1H3/t18-,19-,21+,23+,24?/m1/s1. The van der Waals surface area contributed by atoms with E-state index in [-0.39, 0.29) is 11.9 Å². The third-order valence-electron chi connectivity index (χ3n) is 6.68. The highest BCUT2D eigenvalue weighted by atomic mass is 79.9. The van der Waals surface area contributed by atoms with Crippen LogP contribution in [-0.2, 0) is 25.5 Å². The fraction of sp³-hybridized carbons (Fsp3) is 0.250. The minimum absolute atomic E-state index is 0.319. The van der Waals surface area contributed by atoms with Crippen molar-refractivity contribution in [2.24, 2.45) is 5.92 Å². The molecule has 1 aliphatic carbocycles. The van der Waals surface area contributed by atoms with Crippen molar-refractivity contribution in [1.29, 1.82) is 0 Å². The molecule has 3 aliphatic rings. The molecule has 1 saturated heterocycles. The highest BCUT2D eigenvalue weighted by Crippen LogP contribution is 2.78. The van der Waals surface area contributed by atoms with E-state index in [4.69, 9.17) is 25.8 Å². The number of ether oxygens (including phenoxy) is 3. The van der Waals surface area contributed by atoms with Gasteiger partial charge in [-0.25, -0.2) is 0 Å². The van der Waals surface area contributed by atoms with E-state index in [0.717, 1.165) is 15.6 Å². The van der Waals surface area contributed by atoms with Crippen LogP contribution in [0.15, 0.2) is 71.3 Å². The highest BCUT2D eigenvalue weighted by molar-refractivity contribution is 9.10. The van der Waals surface area contributed by atoms with E-state index in [0.29, 0.717) is 16.5 Å². The molecule has 0 radical (unpaired) electrons. The van der Waals surface area contributed by atoms with Gasteiger partial charge in [0.2, 0.25) is 0 Å². The van der Waals surface area contributed by atoms with Gasteiger partial charge in [0.05, 0.1) is 18.1 Å². The normalized spacial score (nSPS) is 31.9. The minimum atomic E-state index is -0.988. The summed E-state index contributed by atoms with van der Waals surface area (Å²) in [6, 6.07) is 19.6. The fourth-order valence-corrected chi connectivity index (χ4v) is 5.97. The SMILES string of the molecule is COC(=O)[C@@H]1[C@@H](c2ccccc2)[C@]2(c3ccc(Br)cc3)Oc3cc(Cl)cnc3C23O[C@@H]13. The van der Waals surface area contributed by atoms with E-state index in [2.05, 4.69) is 20.9 Å². The zero-order valence-electron chi connectivity index (χ0n) is 16.4. The van der Waals surface area contributed by atoms with E-state index in [1.807, 2.05) is 54.6 Å². The van der Waals surface area contributed by atoms with Gasteiger partial charge in [-0.05, 0) is 23.3 Å². The van der Waals surface area contributed by atoms with E-state index < -0.39 is 23.2 Å². The number of fused-ring (bicyclic) bond motifs is 1. The Morgan fingerprint density at radius 1 is 1.13 bits per heavy atom. The van der Waals surface area contributed by atoms with E-state index in [1.54, 1.807) is 12.3 Å². The number of pyridine rings is 1. The Morgan fingerprint density at radius 3 is 2.58 bits per heavy atom. The Labute approximate surface area is 192 Å². The van der Waals surface area contributed by atoms with Crippen molar-refractivity contribution in [2.75, 3.05) is 7.11 Å². The van der Waals surface area contributed by atoms with Crippen LogP contribution in [0.1, 0.15) is 22.7 Å². The predicted molar refractivity (Wildman–Crippen MR) is 117 cm³/mol. The maximum Gasteiger partial charge on any atom is 0.312 e. The molecule has 0 bridgehead atoms. The zero-order valence-corrected chi connectivity index (χ0v) is 18.8. The molecule has 5 nitrogen and oxygen atoms in total. The molecule has 2 fully saturated rings. The third-order valence-corrected chi connectivity index (χ3v) is 7.41. The quantitative estimate of drug-likeness (QED) is 0.377. The molecule has 3 heterocycles. The molecule has 1 unspecified atom stereocenters. The molecule has 1 aromatic heterocycles. The number of rotatable bonds is 3. The summed E-state index contributed by atoms with van der Waals surface area (Å²) >= 11 is 9.76. The van der Waals surface area contributed by atoms with E-state index >= 15 is 0 Å². The molecule has 0 N–H and O–H groups in total. The van der Waals surface area contributed by atoms with Crippen LogP contribution in [0.2, 0.25) is 5.02 Å². The average Bonchev–Trinajstić information content (AvgIpc) is 3.38. The fourth-order valence-electron chi connectivity index (χ4n) is 5.56. The summed E-state index contributed by atoms with van der Waals surface area (Å²) in [6.07, 6.45) is 1.18. The van der Waals surface area contributed by atoms with Crippen LogP contribution < -0.4 is 4.74 Å². The number of esters is 1. The topological polar surface area (TPSA) is 61.0 Å². The minimum Gasteiger partial charge on any atom is -0.476 e. The van der Waals surface area contributed by atoms with Crippen molar-refractivity contribution in [3.05, 3.63) is 93.2 Å². The van der Waals surface area contributed by atoms with Crippen molar-refractivity contribution in [3.63, 3.8) is 0 Å². The first-order valence-corrected chi connectivity index (χ1v) is 11.1. The summed E-state index contributed by atoms with van der Waals surface area (Å²) in [6.45, 7) is 0. The van der Waals surface area contributed by atoms with Gasteiger partial charge < -0.3 is 14.2 Å². The second-order valence-corrected chi connectivity index (χ2v) is 9.41. The number of hydrogen-bond acceptors (Lipinski definition) is 5. The van der Waals surface area contributed by atoms with Gasteiger partial charge in [-0.2, -0.15) is 0 Å². The molecule has 3 aromatic rings. The van der Waals surface area contributed by atoms with Crippen molar-refractivity contribution in [1.82, 2.24) is 4.98 Å². The highest BCUT2D eigenvalue weighted by Gasteiger charge is 2.88. The van der Waals surface area contributed by atoms with Crippen molar-refractivity contribution in [2.45, 2.75) is 23.2 Å². The molecule has 0 amide bonds. The van der Waals surface area contributed by atoms with Crippen LogP contribution in [0.4, 0.5) is 0 Å². The second-order valence-electron chi connectivity index (χ2n) is 8.06. The zero-order chi connectivity index (χ0) is 21.4. The number of hydrogen-bond donors (Lipinski definition) is 0. The Morgan fingerprint density at radius 2 is 1.87 bits per heavy atom. The maximum absolute atomic E-state index is 13.0. The summed E-state index contributed by atoms with van der Waals surface area (Å²) in [5, 5.41) is 0.485. The molecule has 5 atom stereocenters. The smallest absolute Gasteiger partial charge is 0.312 e. The molecule has 7 heteroatoms. The molecule has 156 valence electrons. The summed E-state index contributed by atoms with van der Waals surface area (Å²) in [4.78, 5) is 17.7. The van der Waals surface area contributed by atoms with Gasteiger partial charge in [0, 0.05) is 22.7 Å². The van der Waals surface area contributed by atoms with Crippen LogP contribution in [0.25, 0.3) is 0 Å². The summed E-state index contributed by atoms with van der Waals surface area (Å²) < 4.78 is 19.3. The first-order valence-electron chi connectivity index (χ1n) is 9.94. The number of nitrogens with zero attached hydrogens (tertiary/aromatic N) is 1. The summed E-state index contributed by atoms with van der Waals surface area (Å²) in [5.74, 6) is -0.612. The van der Waals surface area contributed by atoms with Crippen LogP contribution in [0.5, 0.6) is 5.75 Å². The molecule has 31 heavy (non-hydrogen) atoms. The van der Waals surface area contributed by atoms with Gasteiger partial charge in [-0.3, -0.25) is 9.78 Å². The molecular formula is C24H17BrClNO4. The lowest BCUT2D eigenvalue weighted by molar-refractivity contribution is -0.149. The second kappa shape index (κ2) is 6.55. The van der Waals surface area contributed by atoms with Crippen LogP contribution >= 0.6 is 27.5 Å². The van der Waals surface area contributed by atoms with Gasteiger partial charge in [0.1, 0.15) is 17.5 Å². The number of carbonyl (C=O) groups is 1. The Balaban J connectivity index is 1.66. The largest absolute Gasteiger partial charge is 0.476 e. The summed E-state index contributed by atoms with van der Waals surface area (Å²) in [5.41, 5.74) is 0.693. The monoisotopic (exact) mass is 497 g/mol. The van der Waals surface area contributed by atoms with Gasteiger partial charge in [-0.1, -0.05) is 70.0 Å². The number of halogens is 2. The van der Waals surface area contributed by atoms with E-state index in [1.165, 1.54) is 7.11 Å².